The first-order valence-corrected chi connectivity index (χ1v) is 18.3. The first kappa shape index (κ1) is 41.0. The summed E-state index contributed by atoms with van der Waals surface area (Å²) in [5.74, 6) is 0.527. The van der Waals surface area contributed by atoms with Crippen LogP contribution >= 0.6 is 0 Å². The van der Waals surface area contributed by atoms with Gasteiger partial charge < -0.3 is 37.2 Å². The standard InChI is InChI=1S/C39H51Si.3ClH.Ti/c1-13-30(6)36-15-14-16-37(36)40(33-19-26(2)17-27(3)20-33,34-21-28(4)18-29(5)22-34)35-24-31(38(7,8)9)23-32(25-35)39(10,11)12;;;;/h15,17-25,30H,13-14H2,1-12H3;3*1H;/q;;;;+3/p-3. The molecule has 0 aliphatic heterocycles. The van der Waals surface area contributed by atoms with Crippen molar-refractivity contribution in [3.05, 3.63) is 109 Å². The van der Waals surface area contributed by atoms with E-state index in [2.05, 4.69) is 164 Å². The Bertz CT molecular complexity index is 1410. The molecule has 1 atom stereocenters. The van der Waals surface area contributed by atoms with Crippen LogP contribution in [0.1, 0.15) is 102 Å². The predicted molar refractivity (Wildman–Crippen MR) is 180 cm³/mol. The number of hydrogen-bond donors (Lipinski definition) is 0. The van der Waals surface area contributed by atoms with Crippen LogP contribution in [0.3, 0.4) is 0 Å². The van der Waals surface area contributed by atoms with Crippen LogP contribution in [-0.4, -0.2) is 8.07 Å². The van der Waals surface area contributed by atoms with Crippen LogP contribution in [0, 0.1) is 33.6 Å². The van der Waals surface area contributed by atoms with Crippen molar-refractivity contribution in [1.82, 2.24) is 0 Å². The van der Waals surface area contributed by atoms with Crippen molar-refractivity contribution in [2.45, 2.75) is 107 Å². The Morgan fingerprint density at radius 1 is 0.636 bits per heavy atom. The normalized spacial score (nSPS) is 14.4. The van der Waals surface area contributed by atoms with Crippen molar-refractivity contribution >= 4 is 23.6 Å². The molecule has 0 heterocycles. The van der Waals surface area contributed by atoms with Gasteiger partial charge in [-0.1, -0.05) is 0 Å². The molecule has 236 valence electrons. The van der Waals surface area contributed by atoms with Gasteiger partial charge in [0.05, 0.1) is 0 Å². The topological polar surface area (TPSA) is 0 Å². The summed E-state index contributed by atoms with van der Waals surface area (Å²) < 4.78 is 1.56. The van der Waals surface area contributed by atoms with Gasteiger partial charge in [0.2, 0.25) is 0 Å². The SMILES string of the molecule is CCC(C)C1=CC[C]([Ti+3])=C1[Si](c1cc(C)cc(C)c1)(c1cc(C)cc(C)c1)c1cc(C(C)(C)C)cc(C(C)(C)C)c1.[Cl-].[Cl-].[Cl-]. The van der Waals surface area contributed by atoms with Crippen molar-refractivity contribution in [3.63, 3.8) is 0 Å². The average molecular weight is 702 g/mol. The molecule has 5 heteroatoms. The second kappa shape index (κ2) is 15.2. The quantitative estimate of drug-likeness (QED) is 0.245. The maximum atomic E-state index is 2.61. The van der Waals surface area contributed by atoms with Gasteiger partial charge in [0, 0.05) is 0 Å². The summed E-state index contributed by atoms with van der Waals surface area (Å²) in [7, 11) is -2.73. The molecule has 3 aromatic carbocycles. The molecule has 3 aromatic rings. The number of aryl methyl sites for hydroxylation is 4. The minimum absolute atomic E-state index is 0. The zero-order valence-corrected chi connectivity index (χ0v) is 33.7. The van der Waals surface area contributed by atoms with Gasteiger partial charge >= 0.3 is 265 Å². The fourth-order valence-electron chi connectivity index (χ4n) is 6.73. The summed E-state index contributed by atoms with van der Waals surface area (Å²) in [6.07, 6.45) is 4.79. The van der Waals surface area contributed by atoms with E-state index in [4.69, 9.17) is 0 Å². The largest absolute Gasteiger partial charge is 1.00 e. The zero-order chi connectivity index (χ0) is 30.5. The van der Waals surface area contributed by atoms with Crippen LogP contribution in [0.5, 0.6) is 0 Å². The number of hydrogen-bond acceptors (Lipinski definition) is 0. The fraction of sp³-hybridized carbons (Fsp3) is 0.436. The number of allylic oxidation sites excluding steroid dienone is 4. The van der Waals surface area contributed by atoms with Crippen LogP contribution in [0.25, 0.3) is 0 Å². The summed E-state index contributed by atoms with van der Waals surface area (Å²) in [5, 5.41) is 6.25. The molecule has 0 nitrogen and oxygen atoms in total. The molecule has 0 aromatic heterocycles. The molecule has 4 rings (SSSR count). The van der Waals surface area contributed by atoms with Crippen molar-refractivity contribution in [3.8, 4) is 0 Å². The maximum Gasteiger partial charge on any atom is -1.00 e. The van der Waals surface area contributed by atoms with E-state index in [1.54, 1.807) is 14.6 Å². The van der Waals surface area contributed by atoms with E-state index < -0.39 is 8.07 Å². The van der Waals surface area contributed by atoms with E-state index in [0.29, 0.717) is 5.92 Å². The Kier molecular flexibility index (Phi) is 14.2. The van der Waals surface area contributed by atoms with Crippen molar-refractivity contribution in [2.24, 2.45) is 5.92 Å². The molecule has 0 saturated heterocycles. The maximum absolute atomic E-state index is 2.73. The van der Waals surface area contributed by atoms with Crippen molar-refractivity contribution in [2.75, 3.05) is 0 Å². The Hall–Kier alpha value is -1.06. The minimum atomic E-state index is -2.73. The zero-order valence-electron chi connectivity index (χ0n) is 28.9. The molecule has 1 unspecified atom stereocenters. The van der Waals surface area contributed by atoms with Gasteiger partial charge in [0.1, 0.15) is 0 Å². The predicted octanol–water partition coefficient (Wildman–Crippen LogP) is -0.286. The van der Waals surface area contributed by atoms with Crippen LogP contribution in [0.15, 0.2) is 75.3 Å². The van der Waals surface area contributed by atoms with Crippen LogP contribution in [0.2, 0.25) is 0 Å². The molecule has 0 amide bonds. The molecular weight excluding hydrogens is 651 g/mol. The minimum Gasteiger partial charge on any atom is -1.00 e. The second-order valence-electron chi connectivity index (χ2n) is 14.8. The summed E-state index contributed by atoms with van der Waals surface area (Å²) in [6, 6.07) is 22.5. The van der Waals surface area contributed by atoms with Gasteiger partial charge in [0.25, 0.3) is 0 Å². The van der Waals surface area contributed by atoms with Crippen LogP contribution < -0.4 is 52.8 Å². The summed E-state index contributed by atoms with van der Waals surface area (Å²) in [5.41, 5.74) is 10.00. The Morgan fingerprint density at radius 2 is 1.00 bits per heavy atom. The molecule has 0 N–H and O–H groups in total. The third-order valence-electron chi connectivity index (χ3n) is 9.04. The van der Waals surface area contributed by atoms with E-state index in [1.807, 2.05) is 0 Å². The van der Waals surface area contributed by atoms with Crippen LogP contribution in [0.4, 0.5) is 0 Å². The second-order valence-corrected chi connectivity index (χ2v) is 19.5. The molecule has 0 saturated carbocycles. The van der Waals surface area contributed by atoms with E-state index >= 15 is 0 Å². The summed E-state index contributed by atoms with van der Waals surface area (Å²) in [6.45, 7) is 28.2. The molecule has 1 aliphatic rings. The van der Waals surface area contributed by atoms with Gasteiger partial charge in [-0.25, -0.2) is 0 Å². The smallest absolute Gasteiger partial charge is 1.00 e. The molecule has 1 aliphatic carbocycles. The Labute approximate surface area is 300 Å². The van der Waals surface area contributed by atoms with E-state index in [9.17, 15) is 0 Å². The third kappa shape index (κ3) is 8.07. The Morgan fingerprint density at radius 3 is 1.34 bits per heavy atom. The van der Waals surface area contributed by atoms with Crippen molar-refractivity contribution < 1.29 is 57.7 Å². The molecular formula is C39H51Cl3SiTi. The van der Waals surface area contributed by atoms with Gasteiger partial charge in [-0.3, -0.25) is 0 Å². The number of halogens is 3. The third-order valence-corrected chi connectivity index (χ3v) is 14.9. The number of rotatable bonds is 6. The van der Waals surface area contributed by atoms with Gasteiger partial charge in [-0.05, 0) is 0 Å². The molecule has 0 spiro atoms. The van der Waals surface area contributed by atoms with E-state index in [0.717, 1.165) is 12.8 Å². The van der Waals surface area contributed by atoms with E-state index in [-0.39, 0.29) is 48.1 Å². The molecule has 0 bridgehead atoms. The Balaban J connectivity index is 0.00000323. The average Bonchev–Trinajstić information content (AvgIpc) is 3.23. The summed E-state index contributed by atoms with van der Waals surface area (Å²) in [4.78, 5) is 0. The first-order chi connectivity index (χ1) is 19.0. The molecule has 44 heavy (non-hydrogen) atoms. The van der Waals surface area contributed by atoms with Gasteiger partial charge in [-0.2, -0.15) is 0 Å². The van der Waals surface area contributed by atoms with Crippen LogP contribution in [-0.2, 0) is 31.3 Å². The van der Waals surface area contributed by atoms with Gasteiger partial charge in [-0.15, -0.1) is 0 Å². The monoisotopic (exact) mass is 700 g/mol. The molecule has 0 fully saturated rings. The van der Waals surface area contributed by atoms with Gasteiger partial charge in [0.15, 0.2) is 0 Å². The summed E-state index contributed by atoms with van der Waals surface area (Å²) >= 11 is 2.42. The molecule has 0 radical (unpaired) electrons. The first-order valence-electron chi connectivity index (χ1n) is 15.5. The number of benzene rings is 3. The van der Waals surface area contributed by atoms with E-state index in [1.165, 1.54) is 48.9 Å². The fourth-order valence-corrected chi connectivity index (χ4v) is 13.7. The van der Waals surface area contributed by atoms with Crippen molar-refractivity contribution in [1.29, 1.82) is 0 Å².